The Kier molecular flexibility index (Phi) is 7.23. The van der Waals surface area contributed by atoms with E-state index < -0.39 is 15.8 Å². The SMILES string of the molecule is O=C(COCc1ccccc1Cl)N1CCC(NS(=O)(=O)c2ccc(F)cc2)CC1. The van der Waals surface area contributed by atoms with Gasteiger partial charge in [0.05, 0.1) is 11.5 Å². The van der Waals surface area contributed by atoms with Crippen LogP contribution in [0.1, 0.15) is 18.4 Å². The summed E-state index contributed by atoms with van der Waals surface area (Å²) < 4.78 is 45.9. The van der Waals surface area contributed by atoms with Crippen LogP contribution in [0, 0.1) is 5.82 Å². The predicted molar refractivity (Wildman–Crippen MR) is 107 cm³/mol. The third kappa shape index (κ3) is 5.99. The zero-order valence-electron chi connectivity index (χ0n) is 15.7. The van der Waals surface area contributed by atoms with Gasteiger partial charge in [-0.1, -0.05) is 29.8 Å². The van der Waals surface area contributed by atoms with E-state index in [4.69, 9.17) is 16.3 Å². The number of nitrogens with zero attached hydrogens (tertiary/aromatic N) is 1. The fourth-order valence-electron chi connectivity index (χ4n) is 3.10. The molecule has 156 valence electrons. The molecule has 1 aliphatic rings. The number of rotatable bonds is 7. The van der Waals surface area contributed by atoms with Crippen molar-refractivity contribution in [3.8, 4) is 0 Å². The van der Waals surface area contributed by atoms with Crippen molar-refractivity contribution in [3.63, 3.8) is 0 Å². The summed E-state index contributed by atoms with van der Waals surface area (Å²) in [4.78, 5) is 14.0. The van der Waals surface area contributed by atoms with Crippen molar-refractivity contribution in [1.29, 1.82) is 0 Å². The monoisotopic (exact) mass is 440 g/mol. The van der Waals surface area contributed by atoms with Gasteiger partial charge in [-0.25, -0.2) is 17.5 Å². The number of sulfonamides is 1. The topological polar surface area (TPSA) is 75.7 Å². The second kappa shape index (κ2) is 9.67. The summed E-state index contributed by atoms with van der Waals surface area (Å²) in [6, 6.07) is 11.7. The first-order chi connectivity index (χ1) is 13.8. The lowest BCUT2D eigenvalue weighted by Crippen LogP contribution is -2.47. The lowest BCUT2D eigenvalue weighted by Gasteiger charge is -2.32. The standard InChI is InChI=1S/C20H22ClFN2O4S/c21-19-4-2-1-3-15(19)13-28-14-20(25)24-11-9-17(10-12-24)23-29(26,27)18-7-5-16(22)6-8-18/h1-8,17,23H,9-14H2. The zero-order chi connectivity index (χ0) is 20.9. The minimum absolute atomic E-state index is 0.0189. The molecule has 0 aliphatic carbocycles. The molecule has 0 radical (unpaired) electrons. The Hall–Kier alpha value is -2.00. The molecule has 0 spiro atoms. The van der Waals surface area contributed by atoms with E-state index in [1.165, 1.54) is 12.1 Å². The highest BCUT2D eigenvalue weighted by molar-refractivity contribution is 7.89. The zero-order valence-corrected chi connectivity index (χ0v) is 17.3. The van der Waals surface area contributed by atoms with Crippen LogP contribution >= 0.6 is 11.6 Å². The maximum atomic E-state index is 13.0. The Labute approximate surface area is 174 Å². The van der Waals surface area contributed by atoms with E-state index in [1.807, 2.05) is 18.2 Å². The second-order valence-electron chi connectivity index (χ2n) is 6.81. The van der Waals surface area contributed by atoms with Gasteiger partial charge in [0.25, 0.3) is 0 Å². The van der Waals surface area contributed by atoms with Gasteiger partial charge in [-0.05, 0) is 48.7 Å². The van der Waals surface area contributed by atoms with Crippen molar-refractivity contribution in [2.45, 2.75) is 30.4 Å². The van der Waals surface area contributed by atoms with Gasteiger partial charge >= 0.3 is 0 Å². The predicted octanol–water partition coefficient (Wildman–Crippen LogP) is 2.97. The largest absolute Gasteiger partial charge is 0.367 e. The average molecular weight is 441 g/mol. The molecule has 3 rings (SSSR count). The molecule has 2 aromatic rings. The van der Waals surface area contributed by atoms with Crippen LogP contribution < -0.4 is 4.72 Å². The lowest BCUT2D eigenvalue weighted by atomic mass is 10.1. The number of carbonyl (C=O) groups excluding carboxylic acids is 1. The van der Waals surface area contributed by atoms with Crippen molar-refractivity contribution in [3.05, 3.63) is 64.9 Å². The highest BCUT2D eigenvalue weighted by Crippen LogP contribution is 2.17. The Balaban J connectivity index is 1.44. The summed E-state index contributed by atoms with van der Waals surface area (Å²) in [5.74, 6) is -0.635. The van der Waals surface area contributed by atoms with Crippen LogP contribution in [0.5, 0.6) is 0 Å². The van der Waals surface area contributed by atoms with E-state index in [9.17, 15) is 17.6 Å². The van der Waals surface area contributed by atoms with E-state index in [-0.39, 0.29) is 30.1 Å². The Bertz CT molecular complexity index is 945. The number of benzene rings is 2. The van der Waals surface area contributed by atoms with Crippen molar-refractivity contribution in [2.24, 2.45) is 0 Å². The van der Waals surface area contributed by atoms with Crippen LogP contribution in [0.4, 0.5) is 4.39 Å². The van der Waals surface area contributed by atoms with Crippen LogP contribution in [0.25, 0.3) is 0 Å². The molecule has 1 aliphatic heterocycles. The molecule has 1 heterocycles. The molecular formula is C20H22ClFN2O4S. The molecule has 0 aromatic heterocycles. The smallest absolute Gasteiger partial charge is 0.248 e. The van der Waals surface area contributed by atoms with Crippen LogP contribution in [0.3, 0.4) is 0 Å². The van der Waals surface area contributed by atoms with E-state index in [0.717, 1.165) is 17.7 Å². The van der Waals surface area contributed by atoms with E-state index in [1.54, 1.807) is 11.0 Å². The van der Waals surface area contributed by atoms with Crippen molar-refractivity contribution in [2.75, 3.05) is 19.7 Å². The Morgan fingerprint density at radius 1 is 1.14 bits per heavy atom. The molecule has 0 atom stereocenters. The molecule has 0 unspecified atom stereocenters. The molecule has 1 N–H and O–H groups in total. The normalized spacial score (nSPS) is 15.4. The summed E-state index contributed by atoms with van der Waals surface area (Å²) in [5, 5.41) is 0.592. The minimum Gasteiger partial charge on any atom is -0.367 e. The minimum atomic E-state index is -3.72. The molecule has 1 amide bonds. The highest BCUT2D eigenvalue weighted by atomic mass is 35.5. The van der Waals surface area contributed by atoms with Crippen molar-refractivity contribution >= 4 is 27.5 Å². The van der Waals surface area contributed by atoms with Crippen LogP contribution in [0.2, 0.25) is 5.02 Å². The van der Waals surface area contributed by atoms with E-state index >= 15 is 0 Å². The second-order valence-corrected chi connectivity index (χ2v) is 8.94. The molecule has 0 saturated carbocycles. The maximum absolute atomic E-state index is 13.0. The average Bonchev–Trinajstić information content (AvgIpc) is 2.70. The molecule has 0 bridgehead atoms. The number of piperidine rings is 1. The van der Waals surface area contributed by atoms with Crippen LogP contribution in [0.15, 0.2) is 53.4 Å². The highest BCUT2D eigenvalue weighted by Gasteiger charge is 2.26. The van der Waals surface area contributed by atoms with Gasteiger partial charge in [0.2, 0.25) is 15.9 Å². The van der Waals surface area contributed by atoms with Gasteiger partial charge in [-0.15, -0.1) is 0 Å². The number of likely N-dealkylation sites (tertiary alicyclic amines) is 1. The van der Waals surface area contributed by atoms with Crippen molar-refractivity contribution < 1.29 is 22.3 Å². The number of ether oxygens (including phenoxy) is 1. The number of halogens is 2. The molecule has 1 fully saturated rings. The first-order valence-corrected chi connectivity index (χ1v) is 11.1. The van der Waals surface area contributed by atoms with Gasteiger partial charge in [0, 0.05) is 24.2 Å². The molecule has 6 nitrogen and oxygen atoms in total. The molecule has 29 heavy (non-hydrogen) atoms. The maximum Gasteiger partial charge on any atom is 0.248 e. The fraction of sp³-hybridized carbons (Fsp3) is 0.350. The Morgan fingerprint density at radius 3 is 2.45 bits per heavy atom. The fourth-order valence-corrected chi connectivity index (χ4v) is 4.60. The first-order valence-electron chi connectivity index (χ1n) is 9.22. The summed E-state index contributed by atoms with van der Waals surface area (Å²) in [7, 11) is -3.72. The lowest BCUT2D eigenvalue weighted by molar-refractivity contribution is -0.137. The van der Waals surface area contributed by atoms with Gasteiger partial charge in [0.1, 0.15) is 12.4 Å². The van der Waals surface area contributed by atoms with Crippen LogP contribution in [-0.2, 0) is 26.2 Å². The third-order valence-corrected chi connectivity index (χ3v) is 6.64. The number of carbonyl (C=O) groups is 1. The van der Waals surface area contributed by atoms with E-state index in [0.29, 0.717) is 31.0 Å². The number of amides is 1. The van der Waals surface area contributed by atoms with Crippen molar-refractivity contribution in [1.82, 2.24) is 9.62 Å². The molecule has 9 heteroatoms. The molecule has 2 aromatic carbocycles. The number of nitrogens with one attached hydrogen (secondary N) is 1. The Morgan fingerprint density at radius 2 is 1.79 bits per heavy atom. The third-order valence-electron chi connectivity index (χ3n) is 4.73. The van der Waals surface area contributed by atoms with E-state index in [2.05, 4.69) is 4.72 Å². The van der Waals surface area contributed by atoms with Gasteiger partial charge in [-0.2, -0.15) is 0 Å². The van der Waals surface area contributed by atoms with Gasteiger partial charge in [0.15, 0.2) is 0 Å². The van der Waals surface area contributed by atoms with Gasteiger partial charge < -0.3 is 9.64 Å². The summed E-state index contributed by atoms with van der Waals surface area (Å²) >= 11 is 6.06. The summed E-state index contributed by atoms with van der Waals surface area (Å²) in [5.41, 5.74) is 0.816. The number of hydrogen-bond acceptors (Lipinski definition) is 4. The molecular weight excluding hydrogens is 419 g/mol. The molecule has 1 saturated heterocycles. The van der Waals surface area contributed by atoms with Crippen LogP contribution in [-0.4, -0.2) is 45.0 Å². The van der Waals surface area contributed by atoms with Gasteiger partial charge in [-0.3, -0.25) is 4.79 Å². The summed E-state index contributed by atoms with van der Waals surface area (Å²) in [6.45, 7) is 1.06. The quantitative estimate of drug-likeness (QED) is 0.718. The number of hydrogen-bond donors (Lipinski definition) is 1. The first kappa shape index (κ1) is 21.7. The summed E-state index contributed by atoms with van der Waals surface area (Å²) in [6.07, 6.45) is 0.993.